The minimum absolute atomic E-state index is 0.0925. The van der Waals surface area contributed by atoms with Gasteiger partial charge in [0.05, 0.1) is 51.0 Å². The van der Waals surface area contributed by atoms with Crippen molar-refractivity contribution in [3.8, 4) is 5.88 Å². The van der Waals surface area contributed by atoms with Gasteiger partial charge in [-0.2, -0.15) is 0 Å². The van der Waals surface area contributed by atoms with Gasteiger partial charge < -0.3 is 24.3 Å². The summed E-state index contributed by atoms with van der Waals surface area (Å²) in [5.41, 5.74) is 2.72. The molecule has 0 aliphatic rings. The number of aromatic nitrogens is 1. The lowest BCUT2D eigenvalue weighted by molar-refractivity contribution is -0.114. The molecule has 1 heterocycles. The van der Waals surface area contributed by atoms with Crippen molar-refractivity contribution >= 4 is 11.6 Å². The molecule has 158 valence electrons. The molecule has 1 aromatic heterocycles. The zero-order chi connectivity index (χ0) is 20.9. The van der Waals surface area contributed by atoms with Crippen molar-refractivity contribution in [2.24, 2.45) is 0 Å². The Balaban J connectivity index is 1.51. The number of nitrogens with one attached hydrogen (secondary N) is 1. The molecule has 1 amide bonds. The number of hydrogen-bond acceptors (Lipinski definition) is 6. The molecular formula is C22H30N2O5. The van der Waals surface area contributed by atoms with Gasteiger partial charge in [0.15, 0.2) is 0 Å². The molecule has 1 atom stereocenters. The van der Waals surface area contributed by atoms with Crippen LogP contribution in [-0.2, 0) is 25.6 Å². The quantitative estimate of drug-likeness (QED) is 0.518. The van der Waals surface area contributed by atoms with Gasteiger partial charge in [0.25, 0.3) is 0 Å². The Bertz CT molecular complexity index is 739. The zero-order valence-corrected chi connectivity index (χ0v) is 17.3. The first-order chi connectivity index (χ1) is 14.0. The average Bonchev–Trinajstić information content (AvgIpc) is 2.70. The fraction of sp³-hybridized carbons (Fsp3) is 0.455. The second-order valence-electron chi connectivity index (χ2n) is 6.66. The van der Waals surface area contributed by atoms with Crippen molar-refractivity contribution in [2.45, 2.75) is 33.5 Å². The Labute approximate surface area is 172 Å². The normalized spacial score (nSPS) is 11.8. The standard InChI is InChI=1S/C22H30N2O5/c1-17-13-22(23-14-21(17)24-19(3)25)29-15-18(2)28-12-11-26-9-10-27-16-20-7-5-4-6-8-20/h4-8,13-14,18H,9-12,15-16H2,1-3H3,(H,24,25). The molecule has 7 nitrogen and oxygen atoms in total. The van der Waals surface area contributed by atoms with Crippen LogP contribution in [0.25, 0.3) is 0 Å². The number of carbonyl (C=O) groups excluding carboxylic acids is 1. The van der Waals surface area contributed by atoms with Crippen molar-refractivity contribution in [3.05, 3.63) is 53.7 Å². The molecule has 29 heavy (non-hydrogen) atoms. The van der Waals surface area contributed by atoms with Gasteiger partial charge >= 0.3 is 0 Å². The number of benzene rings is 1. The molecule has 2 aromatic rings. The van der Waals surface area contributed by atoms with Crippen molar-refractivity contribution in [1.82, 2.24) is 4.98 Å². The third-order valence-corrected chi connectivity index (χ3v) is 3.98. The number of nitrogens with zero attached hydrogens (tertiary/aromatic N) is 1. The van der Waals surface area contributed by atoms with Crippen LogP contribution >= 0.6 is 0 Å². The van der Waals surface area contributed by atoms with Crippen molar-refractivity contribution < 1.29 is 23.7 Å². The van der Waals surface area contributed by atoms with Gasteiger partial charge in [0, 0.05) is 13.0 Å². The molecule has 7 heteroatoms. The lowest BCUT2D eigenvalue weighted by atomic mass is 10.2. The van der Waals surface area contributed by atoms with Crippen LogP contribution in [0.1, 0.15) is 25.0 Å². The Morgan fingerprint density at radius 3 is 2.55 bits per heavy atom. The summed E-state index contributed by atoms with van der Waals surface area (Å²) >= 11 is 0. The highest BCUT2D eigenvalue weighted by Gasteiger charge is 2.07. The number of rotatable bonds is 13. The Morgan fingerprint density at radius 2 is 1.83 bits per heavy atom. The smallest absolute Gasteiger partial charge is 0.221 e. The number of ether oxygens (including phenoxy) is 4. The van der Waals surface area contributed by atoms with E-state index in [1.54, 1.807) is 12.3 Å². The van der Waals surface area contributed by atoms with Crippen LogP contribution in [0, 0.1) is 6.92 Å². The van der Waals surface area contributed by atoms with Crippen LogP contribution in [0.4, 0.5) is 5.69 Å². The van der Waals surface area contributed by atoms with Crippen LogP contribution in [-0.4, -0.2) is 50.0 Å². The highest BCUT2D eigenvalue weighted by molar-refractivity contribution is 5.89. The summed E-state index contributed by atoms with van der Waals surface area (Å²) < 4.78 is 22.4. The number of anilines is 1. The van der Waals surface area contributed by atoms with Gasteiger partial charge in [-0.25, -0.2) is 4.98 Å². The molecule has 0 bridgehead atoms. The van der Waals surface area contributed by atoms with E-state index in [9.17, 15) is 4.79 Å². The van der Waals surface area contributed by atoms with Gasteiger partial charge in [-0.15, -0.1) is 0 Å². The minimum Gasteiger partial charge on any atom is -0.475 e. The Hall–Kier alpha value is -2.48. The maximum absolute atomic E-state index is 11.1. The minimum atomic E-state index is -0.129. The largest absolute Gasteiger partial charge is 0.475 e. The third-order valence-electron chi connectivity index (χ3n) is 3.98. The monoisotopic (exact) mass is 402 g/mol. The second kappa shape index (κ2) is 12.9. The first-order valence-corrected chi connectivity index (χ1v) is 9.72. The number of carbonyl (C=O) groups is 1. The first-order valence-electron chi connectivity index (χ1n) is 9.72. The van der Waals surface area contributed by atoms with E-state index < -0.39 is 0 Å². The van der Waals surface area contributed by atoms with E-state index in [4.69, 9.17) is 18.9 Å². The summed E-state index contributed by atoms with van der Waals surface area (Å²) in [6.07, 6.45) is 1.50. The lowest BCUT2D eigenvalue weighted by Gasteiger charge is -2.15. The molecular weight excluding hydrogens is 372 g/mol. The van der Waals surface area contributed by atoms with Crippen molar-refractivity contribution in [2.75, 3.05) is 38.4 Å². The molecule has 1 aromatic carbocycles. The van der Waals surface area contributed by atoms with Crippen molar-refractivity contribution in [3.63, 3.8) is 0 Å². The molecule has 1 N–H and O–H groups in total. The van der Waals surface area contributed by atoms with Crippen LogP contribution in [0.15, 0.2) is 42.6 Å². The van der Waals surface area contributed by atoms with Gasteiger partial charge in [0.2, 0.25) is 11.8 Å². The van der Waals surface area contributed by atoms with E-state index in [0.717, 1.165) is 11.1 Å². The van der Waals surface area contributed by atoms with Gasteiger partial charge in [-0.3, -0.25) is 4.79 Å². The molecule has 0 aliphatic carbocycles. The van der Waals surface area contributed by atoms with Crippen LogP contribution in [0.2, 0.25) is 0 Å². The second-order valence-corrected chi connectivity index (χ2v) is 6.66. The molecule has 1 unspecified atom stereocenters. The molecule has 0 saturated carbocycles. The topological polar surface area (TPSA) is 78.9 Å². The summed E-state index contributed by atoms with van der Waals surface area (Å²) in [4.78, 5) is 15.3. The number of pyridine rings is 1. The van der Waals surface area contributed by atoms with E-state index in [1.165, 1.54) is 6.92 Å². The summed E-state index contributed by atoms with van der Waals surface area (Å²) in [5.74, 6) is 0.370. The molecule has 2 rings (SSSR count). The Kier molecular flexibility index (Phi) is 10.1. The highest BCUT2D eigenvalue weighted by Crippen LogP contribution is 2.18. The summed E-state index contributed by atoms with van der Waals surface area (Å²) in [7, 11) is 0. The maximum atomic E-state index is 11.1. The molecule has 0 radical (unpaired) electrons. The SMILES string of the molecule is CC(=O)Nc1cnc(OCC(C)OCCOCCOCc2ccccc2)cc1C. The molecule has 0 saturated heterocycles. The fourth-order valence-electron chi connectivity index (χ4n) is 2.47. The van der Waals surface area contributed by atoms with E-state index in [2.05, 4.69) is 10.3 Å². The predicted molar refractivity (Wildman–Crippen MR) is 111 cm³/mol. The van der Waals surface area contributed by atoms with Gasteiger partial charge in [0.1, 0.15) is 6.61 Å². The van der Waals surface area contributed by atoms with Crippen LogP contribution in [0.5, 0.6) is 5.88 Å². The first kappa shape index (κ1) is 22.8. The van der Waals surface area contributed by atoms with E-state index in [0.29, 0.717) is 51.2 Å². The molecule has 0 aliphatic heterocycles. The van der Waals surface area contributed by atoms with E-state index in [1.807, 2.05) is 44.2 Å². The van der Waals surface area contributed by atoms with Crippen LogP contribution < -0.4 is 10.1 Å². The highest BCUT2D eigenvalue weighted by atomic mass is 16.6. The van der Waals surface area contributed by atoms with Gasteiger partial charge in [-0.1, -0.05) is 30.3 Å². The maximum Gasteiger partial charge on any atom is 0.221 e. The predicted octanol–water partition coefficient (Wildman–Crippen LogP) is 3.37. The Morgan fingerprint density at radius 1 is 1.10 bits per heavy atom. The molecule has 0 spiro atoms. The summed E-state index contributed by atoms with van der Waals surface area (Å²) in [5, 5.41) is 2.72. The summed E-state index contributed by atoms with van der Waals surface area (Å²) in [6.45, 7) is 8.32. The zero-order valence-electron chi connectivity index (χ0n) is 17.3. The molecule has 0 fully saturated rings. The number of hydrogen-bond donors (Lipinski definition) is 1. The van der Waals surface area contributed by atoms with Crippen LogP contribution in [0.3, 0.4) is 0 Å². The van der Waals surface area contributed by atoms with E-state index in [-0.39, 0.29) is 12.0 Å². The van der Waals surface area contributed by atoms with E-state index >= 15 is 0 Å². The third kappa shape index (κ3) is 9.51. The number of amides is 1. The van der Waals surface area contributed by atoms with Gasteiger partial charge in [-0.05, 0) is 25.0 Å². The summed E-state index contributed by atoms with van der Waals surface area (Å²) in [6, 6.07) is 11.8. The lowest BCUT2D eigenvalue weighted by Crippen LogP contribution is -2.21. The average molecular weight is 402 g/mol. The number of aryl methyl sites for hydroxylation is 1. The van der Waals surface area contributed by atoms with Crippen molar-refractivity contribution in [1.29, 1.82) is 0 Å². The fourth-order valence-corrected chi connectivity index (χ4v) is 2.47.